The lowest BCUT2D eigenvalue weighted by Crippen LogP contribution is -2.52. The molecule has 3 aliphatic heterocycles. The Kier molecular flexibility index (Phi) is 5.83. The molecule has 0 saturated carbocycles. The van der Waals surface area contributed by atoms with Crippen molar-refractivity contribution in [3.63, 3.8) is 0 Å². The predicted octanol–water partition coefficient (Wildman–Crippen LogP) is 4.12. The molecule has 0 fully saturated rings. The van der Waals surface area contributed by atoms with E-state index in [4.69, 9.17) is 4.74 Å². The highest BCUT2D eigenvalue weighted by Crippen LogP contribution is 2.48. The molecule has 0 aromatic heterocycles. The van der Waals surface area contributed by atoms with Crippen molar-refractivity contribution in [1.82, 2.24) is 10.2 Å². The van der Waals surface area contributed by atoms with Crippen LogP contribution >= 0.6 is 0 Å². The highest BCUT2D eigenvalue weighted by Gasteiger charge is 2.50. The first-order valence-corrected chi connectivity index (χ1v) is 12.1. The molecule has 0 radical (unpaired) electrons. The molecule has 0 spiro atoms. The second-order valence-corrected chi connectivity index (χ2v) is 9.89. The standard InChI is InChI=1S/C28H32N2O3/c1-19(2)12-14-28(22-10-4-3-5-11-22)24-18-30(15-13-23(24)27(32)33-28)26(31)25-16-20-8-6-7-9-21(20)17-29-25/h3-11,19,25,29H,12-18H2,1-2H3. The summed E-state index contributed by atoms with van der Waals surface area (Å²) in [6, 6.07) is 18.1. The molecule has 5 rings (SSSR count). The molecule has 1 amide bonds. The topological polar surface area (TPSA) is 58.6 Å². The van der Waals surface area contributed by atoms with Gasteiger partial charge in [-0.2, -0.15) is 0 Å². The number of cyclic esters (lactones) is 1. The van der Waals surface area contributed by atoms with Gasteiger partial charge >= 0.3 is 5.97 Å². The first-order valence-electron chi connectivity index (χ1n) is 12.1. The van der Waals surface area contributed by atoms with Crippen LogP contribution < -0.4 is 5.32 Å². The number of hydrogen-bond acceptors (Lipinski definition) is 4. The van der Waals surface area contributed by atoms with Gasteiger partial charge in [0, 0.05) is 30.8 Å². The molecule has 1 N–H and O–H groups in total. The van der Waals surface area contributed by atoms with Crippen LogP contribution in [-0.4, -0.2) is 35.9 Å². The Balaban J connectivity index is 1.43. The van der Waals surface area contributed by atoms with Gasteiger partial charge in [-0.15, -0.1) is 0 Å². The number of benzene rings is 2. The van der Waals surface area contributed by atoms with Gasteiger partial charge in [-0.3, -0.25) is 4.79 Å². The third-order valence-electron chi connectivity index (χ3n) is 7.35. The van der Waals surface area contributed by atoms with Gasteiger partial charge in [0.2, 0.25) is 5.91 Å². The van der Waals surface area contributed by atoms with E-state index in [1.807, 2.05) is 47.4 Å². The number of nitrogens with one attached hydrogen (secondary N) is 1. The van der Waals surface area contributed by atoms with Gasteiger partial charge in [0.05, 0.1) is 6.04 Å². The minimum Gasteiger partial charge on any atom is -0.446 e. The Labute approximate surface area is 195 Å². The Bertz CT molecular complexity index is 1090. The molecule has 0 saturated heterocycles. The molecule has 2 aromatic carbocycles. The van der Waals surface area contributed by atoms with Crippen LogP contribution in [0, 0.1) is 5.92 Å². The van der Waals surface area contributed by atoms with Crippen molar-refractivity contribution in [2.45, 2.75) is 57.7 Å². The van der Waals surface area contributed by atoms with Crippen LogP contribution in [0.1, 0.15) is 49.8 Å². The van der Waals surface area contributed by atoms with Crippen molar-refractivity contribution in [1.29, 1.82) is 0 Å². The molecule has 5 nitrogen and oxygen atoms in total. The van der Waals surface area contributed by atoms with Gasteiger partial charge in [0.15, 0.2) is 5.60 Å². The van der Waals surface area contributed by atoms with E-state index in [9.17, 15) is 9.59 Å². The zero-order valence-corrected chi connectivity index (χ0v) is 19.5. The monoisotopic (exact) mass is 444 g/mol. The fraction of sp³-hybridized carbons (Fsp3) is 0.429. The number of carbonyl (C=O) groups is 2. The van der Waals surface area contributed by atoms with E-state index >= 15 is 0 Å². The summed E-state index contributed by atoms with van der Waals surface area (Å²) in [7, 11) is 0. The number of nitrogens with zero attached hydrogens (tertiary/aromatic N) is 1. The van der Waals surface area contributed by atoms with Crippen molar-refractivity contribution in [3.05, 3.63) is 82.4 Å². The van der Waals surface area contributed by atoms with Crippen molar-refractivity contribution in [3.8, 4) is 0 Å². The molecule has 172 valence electrons. The Morgan fingerprint density at radius 2 is 1.85 bits per heavy atom. The van der Waals surface area contributed by atoms with E-state index in [0.29, 0.717) is 38.4 Å². The van der Waals surface area contributed by atoms with Gasteiger partial charge in [0.1, 0.15) is 0 Å². The van der Waals surface area contributed by atoms with E-state index in [1.165, 1.54) is 11.1 Å². The van der Waals surface area contributed by atoms with E-state index in [2.05, 4.69) is 31.3 Å². The van der Waals surface area contributed by atoms with E-state index in [1.54, 1.807) is 0 Å². The van der Waals surface area contributed by atoms with Gasteiger partial charge < -0.3 is 15.0 Å². The Morgan fingerprint density at radius 1 is 1.12 bits per heavy atom. The largest absolute Gasteiger partial charge is 0.446 e. The summed E-state index contributed by atoms with van der Waals surface area (Å²) in [5.41, 5.74) is 4.48. The molecule has 3 heterocycles. The fourth-order valence-corrected chi connectivity index (χ4v) is 5.46. The molecule has 2 aromatic rings. The molecule has 5 heteroatoms. The average molecular weight is 445 g/mol. The number of ether oxygens (including phenoxy) is 1. The lowest BCUT2D eigenvalue weighted by molar-refractivity contribution is -0.148. The van der Waals surface area contributed by atoms with Crippen molar-refractivity contribution in [2.24, 2.45) is 5.92 Å². The summed E-state index contributed by atoms with van der Waals surface area (Å²) in [6.45, 7) is 6.09. The van der Waals surface area contributed by atoms with E-state index < -0.39 is 5.60 Å². The molecule has 2 atom stereocenters. The third-order valence-corrected chi connectivity index (χ3v) is 7.35. The maximum absolute atomic E-state index is 13.6. The molecule has 3 aliphatic rings. The minimum absolute atomic E-state index is 0.112. The number of fused-ring (bicyclic) bond motifs is 1. The van der Waals surface area contributed by atoms with Gasteiger partial charge in [0.25, 0.3) is 0 Å². The van der Waals surface area contributed by atoms with Crippen LogP contribution in [0.4, 0.5) is 0 Å². The van der Waals surface area contributed by atoms with Crippen molar-refractivity contribution < 1.29 is 14.3 Å². The fourth-order valence-electron chi connectivity index (χ4n) is 5.46. The van der Waals surface area contributed by atoms with Crippen molar-refractivity contribution in [2.75, 3.05) is 13.1 Å². The minimum atomic E-state index is -0.774. The summed E-state index contributed by atoms with van der Waals surface area (Å²) in [5, 5.41) is 3.43. The number of amides is 1. The summed E-state index contributed by atoms with van der Waals surface area (Å²) in [6.07, 6.45) is 2.92. The third kappa shape index (κ3) is 3.99. The zero-order valence-electron chi connectivity index (χ0n) is 19.5. The predicted molar refractivity (Wildman–Crippen MR) is 127 cm³/mol. The van der Waals surface area contributed by atoms with E-state index in [0.717, 1.165) is 29.6 Å². The van der Waals surface area contributed by atoms with Gasteiger partial charge in [-0.05, 0) is 48.3 Å². The zero-order chi connectivity index (χ0) is 23.0. The van der Waals surface area contributed by atoms with Crippen LogP contribution in [-0.2, 0) is 32.9 Å². The van der Waals surface area contributed by atoms with Gasteiger partial charge in [-0.25, -0.2) is 4.79 Å². The highest BCUT2D eigenvalue weighted by molar-refractivity contribution is 5.94. The number of hydrogen-bond donors (Lipinski definition) is 1. The summed E-state index contributed by atoms with van der Waals surface area (Å²) in [5.74, 6) is 0.387. The SMILES string of the molecule is CC(C)CCC1(c2ccccc2)OC(=O)C2=C1CN(C(=O)C1Cc3ccccc3CN1)CC2. The van der Waals surface area contributed by atoms with Crippen LogP contribution in [0.25, 0.3) is 0 Å². The van der Waals surface area contributed by atoms with Crippen LogP contribution in [0.15, 0.2) is 65.7 Å². The molecular formula is C28H32N2O3. The highest BCUT2D eigenvalue weighted by atomic mass is 16.6. The maximum Gasteiger partial charge on any atom is 0.335 e. The Morgan fingerprint density at radius 3 is 2.61 bits per heavy atom. The molecule has 0 aliphatic carbocycles. The maximum atomic E-state index is 13.6. The normalized spacial score (nSPS) is 24.5. The number of rotatable bonds is 5. The lowest BCUT2D eigenvalue weighted by Gasteiger charge is -2.38. The number of carbonyl (C=O) groups excluding carboxylic acids is 2. The second-order valence-electron chi connectivity index (χ2n) is 9.89. The molecular weight excluding hydrogens is 412 g/mol. The first-order chi connectivity index (χ1) is 16.0. The summed E-state index contributed by atoms with van der Waals surface area (Å²) < 4.78 is 6.19. The van der Waals surface area contributed by atoms with Crippen LogP contribution in [0.2, 0.25) is 0 Å². The molecule has 0 bridgehead atoms. The average Bonchev–Trinajstić information content (AvgIpc) is 3.14. The first kappa shape index (κ1) is 21.9. The summed E-state index contributed by atoms with van der Waals surface area (Å²) >= 11 is 0. The Hall–Kier alpha value is -2.92. The van der Waals surface area contributed by atoms with Crippen molar-refractivity contribution >= 4 is 11.9 Å². The summed E-state index contributed by atoms with van der Waals surface area (Å²) in [4.78, 5) is 28.5. The number of esters is 1. The van der Waals surface area contributed by atoms with Gasteiger partial charge in [-0.1, -0.05) is 68.4 Å². The lowest BCUT2D eigenvalue weighted by atomic mass is 9.78. The quantitative estimate of drug-likeness (QED) is 0.705. The molecule has 2 unspecified atom stereocenters. The van der Waals surface area contributed by atoms with Crippen LogP contribution in [0.5, 0.6) is 0 Å². The smallest absolute Gasteiger partial charge is 0.335 e. The van der Waals surface area contributed by atoms with E-state index in [-0.39, 0.29) is 17.9 Å². The molecule has 33 heavy (non-hydrogen) atoms. The van der Waals surface area contributed by atoms with Crippen LogP contribution in [0.3, 0.4) is 0 Å². The second kappa shape index (κ2) is 8.79.